The van der Waals surface area contributed by atoms with Crippen molar-refractivity contribution in [2.45, 2.75) is 39.3 Å². The number of benzene rings is 1. The van der Waals surface area contributed by atoms with Crippen molar-refractivity contribution in [2.24, 2.45) is 0 Å². The quantitative estimate of drug-likeness (QED) is 0.776. The minimum Gasteiger partial charge on any atom is -0.313 e. The third-order valence-electron chi connectivity index (χ3n) is 3.28. The zero-order valence-electron chi connectivity index (χ0n) is 11.7. The Morgan fingerprint density at radius 2 is 1.78 bits per heavy atom. The van der Waals surface area contributed by atoms with E-state index in [4.69, 9.17) is 11.6 Å². The molecule has 0 aliphatic heterocycles. The molecule has 0 saturated carbocycles. The average molecular weight is 269 g/mol. The Balaban J connectivity index is 2.25. The minimum absolute atomic E-state index is 0.661. The summed E-state index contributed by atoms with van der Waals surface area (Å²) in [5, 5.41) is 4.38. The lowest BCUT2D eigenvalue weighted by atomic mass is 10.2. The molecule has 3 heteroatoms. The van der Waals surface area contributed by atoms with E-state index in [2.05, 4.69) is 43.2 Å². The highest BCUT2D eigenvalue weighted by Gasteiger charge is 2.03. The Labute approximate surface area is 116 Å². The van der Waals surface area contributed by atoms with Crippen LogP contribution in [-0.2, 0) is 6.54 Å². The van der Waals surface area contributed by atoms with E-state index in [1.807, 2.05) is 12.1 Å². The van der Waals surface area contributed by atoms with Gasteiger partial charge in [0, 0.05) is 30.7 Å². The van der Waals surface area contributed by atoms with Crippen molar-refractivity contribution in [3.8, 4) is 0 Å². The van der Waals surface area contributed by atoms with E-state index >= 15 is 0 Å². The second kappa shape index (κ2) is 8.52. The van der Waals surface area contributed by atoms with Gasteiger partial charge in [-0.15, -0.1) is 0 Å². The summed E-state index contributed by atoms with van der Waals surface area (Å²) in [7, 11) is 2.16. The maximum Gasteiger partial charge on any atom is 0.0406 e. The normalized spacial score (nSPS) is 11.4. The molecule has 0 atom stereocenters. The molecule has 102 valence electrons. The summed E-state index contributed by atoms with van der Waals surface area (Å²) in [4.78, 5) is 2.33. The standard InChI is InChI=1S/C15H25ClN2/c1-4-15(5-2)17-10-11-18(3)12-13-6-8-14(16)9-7-13/h6-9,15,17H,4-5,10-12H2,1-3H3. The molecule has 0 saturated heterocycles. The number of hydrogen-bond acceptors (Lipinski definition) is 2. The summed E-state index contributed by atoms with van der Waals surface area (Å²) in [6, 6.07) is 8.75. The van der Waals surface area contributed by atoms with Gasteiger partial charge in [-0.25, -0.2) is 0 Å². The molecule has 0 heterocycles. The largest absolute Gasteiger partial charge is 0.313 e. The molecular weight excluding hydrogens is 244 g/mol. The van der Waals surface area contributed by atoms with Crippen LogP contribution in [0.25, 0.3) is 0 Å². The number of halogens is 1. The first-order valence-corrected chi connectivity index (χ1v) is 7.19. The topological polar surface area (TPSA) is 15.3 Å². The van der Waals surface area contributed by atoms with Crippen molar-refractivity contribution in [1.29, 1.82) is 0 Å². The SMILES string of the molecule is CCC(CC)NCCN(C)Cc1ccc(Cl)cc1. The van der Waals surface area contributed by atoms with E-state index < -0.39 is 0 Å². The van der Waals surface area contributed by atoms with Crippen LogP contribution in [0, 0.1) is 0 Å². The lowest BCUT2D eigenvalue weighted by Gasteiger charge is -2.20. The van der Waals surface area contributed by atoms with Gasteiger partial charge in [0.15, 0.2) is 0 Å². The third kappa shape index (κ3) is 5.85. The van der Waals surface area contributed by atoms with Crippen molar-refractivity contribution < 1.29 is 0 Å². The zero-order valence-corrected chi connectivity index (χ0v) is 12.5. The molecule has 1 aromatic carbocycles. The van der Waals surface area contributed by atoms with Gasteiger partial charge in [0.1, 0.15) is 0 Å². The van der Waals surface area contributed by atoms with E-state index in [1.54, 1.807) is 0 Å². The fourth-order valence-corrected chi connectivity index (χ4v) is 2.14. The minimum atomic E-state index is 0.661. The number of hydrogen-bond donors (Lipinski definition) is 1. The first-order chi connectivity index (χ1) is 8.65. The molecular formula is C15H25ClN2. The van der Waals surface area contributed by atoms with Crippen LogP contribution in [0.3, 0.4) is 0 Å². The molecule has 18 heavy (non-hydrogen) atoms. The van der Waals surface area contributed by atoms with Crippen LogP contribution >= 0.6 is 11.6 Å². The highest BCUT2D eigenvalue weighted by molar-refractivity contribution is 6.30. The van der Waals surface area contributed by atoms with Gasteiger partial charge in [-0.3, -0.25) is 0 Å². The van der Waals surface area contributed by atoms with Gasteiger partial charge in [-0.2, -0.15) is 0 Å². The van der Waals surface area contributed by atoms with Gasteiger partial charge in [-0.1, -0.05) is 37.6 Å². The summed E-state index contributed by atoms with van der Waals surface area (Å²) >= 11 is 5.87. The van der Waals surface area contributed by atoms with Crippen molar-refractivity contribution in [3.05, 3.63) is 34.9 Å². The van der Waals surface area contributed by atoms with Crippen LogP contribution in [0.5, 0.6) is 0 Å². The van der Waals surface area contributed by atoms with E-state index in [9.17, 15) is 0 Å². The summed E-state index contributed by atoms with van der Waals surface area (Å²) in [6.45, 7) is 7.56. The van der Waals surface area contributed by atoms with Crippen molar-refractivity contribution >= 4 is 11.6 Å². The molecule has 0 unspecified atom stereocenters. The van der Waals surface area contributed by atoms with E-state index in [0.717, 1.165) is 24.7 Å². The number of likely N-dealkylation sites (N-methyl/N-ethyl adjacent to an activating group) is 1. The second-order valence-corrected chi connectivity index (χ2v) is 5.27. The highest BCUT2D eigenvalue weighted by atomic mass is 35.5. The van der Waals surface area contributed by atoms with Gasteiger partial charge in [0.2, 0.25) is 0 Å². The molecule has 0 aromatic heterocycles. The molecule has 1 aromatic rings. The molecule has 0 aliphatic rings. The monoisotopic (exact) mass is 268 g/mol. The van der Waals surface area contributed by atoms with Gasteiger partial charge in [-0.05, 0) is 37.6 Å². The number of rotatable bonds is 8. The Morgan fingerprint density at radius 1 is 1.17 bits per heavy atom. The molecule has 1 rings (SSSR count). The van der Waals surface area contributed by atoms with Crippen molar-refractivity contribution in [3.63, 3.8) is 0 Å². The second-order valence-electron chi connectivity index (χ2n) is 4.83. The Hall–Kier alpha value is -0.570. The Bertz CT molecular complexity index is 320. The molecule has 0 spiro atoms. The molecule has 0 amide bonds. The third-order valence-corrected chi connectivity index (χ3v) is 3.53. The van der Waals surface area contributed by atoms with Gasteiger partial charge >= 0.3 is 0 Å². The molecule has 0 bridgehead atoms. The summed E-state index contributed by atoms with van der Waals surface area (Å²) in [6.07, 6.45) is 2.41. The molecule has 1 N–H and O–H groups in total. The van der Waals surface area contributed by atoms with Crippen LogP contribution in [0.1, 0.15) is 32.3 Å². The predicted molar refractivity (Wildman–Crippen MR) is 80.2 cm³/mol. The van der Waals surface area contributed by atoms with E-state index in [1.165, 1.54) is 18.4 Å². The van der Waals surface area contributed by atoms with Gasteiger partial charge < -0.3 is 10.2 Å². The van der Waals surface area contributed by atoms with E-state index in [-0.39, 0.29) is 0 Å². The van der Waals surface area contributed by atoms with Crippen LogP contribution in [0.4, 0.5) is 0 Å². The van der Waals surface area contributed by atoms with Gasteiger partial charge in [0.05, 0.1) is 0 Å². The molecule has 0 aliphatic carbocycles. The van der Waals surface area contributed by atoms with Crippen LogP contribution < -0.4 is 5.32 Å². The molecule has 0 fully saturated rings. The summed E-state index contributed by atoms with van der Waals surface area (Å²) < 4.78 is 0. The highest BCUT2D eigenvalue weighted by Crippen LogP contribution is 2.10. The first kappa shape index (κ1) is 15.5. The van der Waals surface area contributed by atoms with Crippen molar-refractivity contribution in [2.75, 3.05) is 20.1 Å². The molecule has 0 radical (unpaired) electrons. The lowest BCUT2D eigenvalue weighted by Crippen LogP contribution is -2.35. The predicted octanol–water partition coefficient (Wildman–Crippen LogP) is 3.55. The lowest BCUT2D eigenvalue weighted by molar-refractivity contribution is 0.314. The summed E-state index contributed by atoms with van der Waals surface area (Å²) in [5.41, 5.74) is 1.31. The fourth-order valence-electron chi connectivity index (χ4n) is 2.02. The average Bonchev–Trinajstić information content (AvgIpc) is 2.37. The Morgan fingerprint density at radius 3 is 2.33 bits per heavy atom. The smallest absolute Gasteiger partial charge is 0.0406 e. The fraction of sp³-hybridized carbons (Fsp3) is 0.600. The number of nitrogens with one attached hydrogen (secondary N) is 1. The maximum absolute atomic E-state index is 5.87. The maximum atomic E-state index is 5.87. The van der Waals surface area contributed by atoms with Crippen LogP contribution in [0.15, 0.2) is 24.3 Å². The molecule has 2 nitrogen and oxygen atoms in total. The van der Waals surface area contributed by atoms with Gasteiger partial charge in [0.25, 0.3) is 0 Å². The van der Waals surface area contributed by atoms with E-state index in [0.29, 0.717) is 6.04 Å². The van der Waals surface area contributed by atoms with Crippen LogP contribution in [-0.4, -0.2) is 31.1 Å². The van der Waals surface area contributed by atoms with Crippen LogP contribution in [0.2, 0.25) is 5.02 Å². The summed E-state index contributed by atoms with van der Waals surface area (Å²) in [5.74, 6) is 0. The number of nitrogens with zero attached hydrogens (tertiary/aromatic N) is 1. The zero-order chi connectivity index (χ0) is 13.4. The first-order valence-electron chi connectivity index (χ1n) is 6.82. The Kier molecular flexibility index (Phi) is 7.33. The van der Waals surface area contributed by atoms with Crippen molar-refractivity contribution in [1.82, 2.24) is 10.2 Å².